The Hall–Kier alpha value is -2.58. The molecule has 0 aliphatic carbocycles. The lowest BCUT2D eigenvalue weighted by molar-refractivity contribution is 0.0941. The fraction of sp³-hybridized carbons (Fsp3) is 0.200. The van der Waals surface area contributed by atoms with Gasteiger partial charge in [0.1, 0.15) is 5.82 Å². The predicted octanol–water partition coefficient (Wildman–Crippen LogP) is 1.66. The van der Waals surface area contributed by atoms with Crippen LogP contribution in [0.1, 0.15) is 27.8 Å². The molecule has 3 N–H and O–H groups in total. The molecule has 1 aromatic carbocycles. The minimum Gasteiger partial charge on any atom is -0.347 e. The summed E-state index contributed by atoms with van der Waals surface area (Å²) in [6.07, 6.45) is 3.35. The highest BCUT2D eigenvalue weighted by molar-refractivity contribution is 6.30. The zero-order valence-electron chi connectivity index (χ0n) is 12.7. The summed E-state index contributed by atoms with van der Waals surface area (Å²) < 4.78 is 14.8. The molecule has 0 aliphatic rings. The summed E-state index contributed by atoms with van der Waals surface area (Å²) in [4.78, 5) is 20.2. The number of nitrogens with one attached hydrogen (secondary N) is 1. The molecule has 0 bridgehead atoms. The maximum atomic E-state index is 13.3. The van der Waals surface area contributed by atoms with Crippen LogP contribution in [0.3, 0.4) is 0 Å². The maximum Gasteiger partial charge on any atom is 0.291 e. The van der Waals surface area contributed by atoms with Crippen molar-refractivity contribution in [1.29, 1.82) is 0 Å². The number of amides is 1. The zero-order valence-corrected chi connectivity index (χ0v) is 13.5. The van der Waals surface area contributed by atoms with Crippen LogP contribution >= 0.6 is 11.6 Å². The van der Waals surface area contributed by atoms with E-state index in [0.717, 1.165) is 5.56 Å². The topological polar surface area (TPSA) is 98.2 Å². The number of aromatic nitrogens is 4. The van der Waals surface area contributed by atoms with Crippen molar-refractivity contribution in [2.45, 2.75) is 13.0 Å². The largest absolute Gasteiger partial charge is 0.347 e. The van der Waals surface area contributed by atoms with Gasteiger partial charge in [0.05, 0.1) is 0 Å². The second-order valence-corrected chi connectivity index (χ2v) is 5.77. The van der Waals surface area contributed by atoms with Gasteiger partial charge in [-0.3, -0.25) is 4.79 Å². The van der Waals surface area contributed by atoms with Crippen molar-refractivity contribution < 1.29 is 9.18 Å². The molecule has 9 heteroatoms. The summed E-state index contributed by atoms with van der Waals surface area (Å²) in [7, 11) is 0. The van der Waals surface area contributed by atoms with E-state index >= 15 is 0 Å². The lowest BCUT2D eigenvalue weighted by Crippen LogP contribution is -2.32. The maximum absolute atomic E-state index is 13.3. The first-order chi connectivity index (χ1) is 11.4. The van der Waals surface area contributed by atoms with Gasteiger partial charge in [-0.1, -0.05) is 11.6 Å². The molecule has 0 saturated carbocycles. The lowest BCUT2D eigenvalue weighted by atomic mass is 10.1. The third-order valence-electron chi connectivity index (χ3n) is 3.32. The van der Waals surface area contributed by atoms with Crippen LogP contribution in [0.2, 0.25) is 5.02 Å². The fourth-order valence-electron chi connectivity index (χ4n) is 2.16. The van der Waals surface area contributed by atoms with E-state index < -0.39 is 17.8 Å². The molecule has 7 nitrogen and oxygen atoms in total. The molecule has 0 saturated heterocycles. The summed E-state index contributed by atoms with van der Waals surface area (Å²) in [5, 5.41) is 6.92. The number of aryl methyl sites for hydroxylation is 1. The van der Waals surface area contributed by atoms with Crippen molar-refractivity contribution in [3.63, 3.8) is 0 Å². The van der Waals surface area contributed by atoms with E-state index in [4.69, 9.17) is 17.3 Å². The first-order valence-electron chi connectivity index (χ1n) is 7.11. The zero-order chi connectivity index (χ0) is 17.3. The van der Waals surface area contributed by atoms with E-state index in [9.17, 15) is 9.18 Å². The first-order valence-corrected chi connectivity index (χ1v) is 7.49. The number of rotatable bonds is 4. The summed E-state index contributed by atoms with van der Waals surface area (Å²) in [5.74, 6) is -0.664. The normalized spacial score (nSPS) is 12.3. The molecule has 2 heterocycles. The molecule has 24 heavy (non-hydrogen) atoms. The van der Waals surface area contributed by atoms with Crippen molar-refractivity contribution >= 4 is 23.3 Å². The molecule has 1 amide bonds. The number of halogens is 2. The average Bonchev–Trinajstić information content (AvgIpc) is 2.94. The Morgan fingerprint density at radius 3 is 3.00 bits per heavy atom. The van der Waals surface area contributed by atoms with Crippen molar-refractivity contribution in [3.05, 3.63) is 58.4 Å². The smallest absolute Gasteiger partial charge is 0.291 e. The van der Waals surface area contributed by atoms with Crippen LogP contribution in [0, 0.1) is 12.7 Å². The van der Waals surface area contributed by atoms with Gasteiger partial charge in [-0.05, 0) is 36.2 Å². The van der Waals surface area contributed by atoms with Crippen LogP contribution in [-0.2, 0) is 0 Å². The fourth-order valence-corrected chi connectivity index (χ4v) is 2.39. The van der Waals surface area contributed by atoms with Crippen molar-refractivity contribution in [2.24, 2.45) is 5.73 Å². The van der Waals surface area contributed by atoms with Crippen LogP contribution in [-0.4, -0.2) is 32.0 Å². The van der Waals surface area contributed by atoms with Gasteiger partial charge in [0, 0.05) is 30.0 Å². The average molecular weight is 349 g/mol. The Balaban J connectivity index is 1.69. The quantitative estimate of drug-likeness (QED) is 0.747. The molecule has 124 valence electrons. The van der Waals surface area contributed by atoms with Gasteiger partial charge in [0.2, 0.25) is 5.82 Å². The summed E-state index contributed by atoms with van der Waals surface area (Å²) in [5.41, 5.74) is 7.34. The molecule has 2 aromatic heterocycles. The molecule has 0 fully saturated rings. The Kier molecular flexibility index (Phi) is 4.41. The van der Waals surface area contributed by atoms with Crippen LogP contribution in [0.5, 0.6) is 0 Å². The van der Waals surface area contributed by atoms with Crippen LogP contribution < -0.4 is 11.1 Å². The SMILES string of the molecule is Cc1cnc2nc(C(=O)NCC(N)c3cc(F)cc(Cl)c3)nn2c1. The number of nitrogens with two attached hydrogens (primary N) is 1. The molecule has 3 rings (SSSR count). The van der Waals surface area contributed by atoms with Gasteiger partial charge in [0.25, 0.3) is 11.7 Å². The molecule has 1 unspecified atom stereocenters. The highest BCUT2D eigenvalue weighted by atomic mass is 35.5. The van der Waals surface area contributed by atoms with Crippen LogP contribution in [0.4, 0.5) is 4.39 Å². The number of hydrogen-bond acceptors (Lipinski definition) is 5. The second kappa shape index (κ2) is 6.50. The molecule has 0 spiro atoms. The highest BCUT2D eigenvalue weighted by Gasteiger charge is 2.16. The highest BCUT2D eigenvalue weighted by Crippen LogP contribution is 2.18. The molecule has 1 atom stereocenters. The van der Waals surface area contributed by atoms with Crippen LogP contribution in [0.25, 0.3) is 5.78 Å². The number of nitrogens with zero attached hydrogens (tertiary/aromatic N) is 4. The van der Waals surface area contributed by atoms with E-state index in [1.54, 1.807) is 18.5 Å². The van der Waals surface area contributed by atoms with Crippen molar-refractivity contribution in [1.82, 2.24) is 24.9 Å². The summed E-state index contributed by atoms with van der Waals surface area (Å²) in [6.45, 7) is 1.94. The van der Waals surface area contributed by atoms with Gasteiger partial charge in [0.15, 0.2) is 0 Å². The Morgan fingerprint density at radius 1 is 1.46 bits per heavy atom. The first kappa shape index (κ1) is 16.3. The molecule has 0 radical (unpaired) electrons. The molecule has 3 aromatic rings. The Morgan fingerprint density at radius 2 is 2.25 bits per heavy atom. The third kappa shape index (κ3) is 3.50. The van der Waals surface area contributed by atoms with Gasteiger partial charge in [-0.2, -0.15) is 4.98 Å². The van der Waals surface area contributed by atoms with Crippen LogP contribution in [0.15, 0.2) is 30.6 Å². The van der Waals surface area contributed by atoms with E-state index in [2.05, 4.69) is 20.4 Å². The van der Waals surface area contributed by atoms with Gasteiger partial charge < -0.3 is 11.1 Å². The second-order valence-electron chi connectivity index (χ2n) is 5.33. The standard InChI is InChI=1S/C15H14ClFN6O/c1-8-5-20-15-21-13(22-23(15)7-8)14(24)19-6-12(18)9-2-10(16)4-11(17)3-9/h2-5,7,12H,6,18H2,1H3,(H,19,24). The van der Waals surface area contributed by atoms with E-state index in [1.807, 2.05) is 6.92 Å². The van der Waals surface area contributed by atoms with Crippen molar-refractivity contribution in [2.75, 3.05) is 6.54 Å². The van der Waals surface area contributed by atoms with Crippen molar-refractivity contribution in [3.8, 4) is 0 Å². The number of hydrogen-bond donors (Lipinski definition) is 2. The van der Waals surface area contributed by atoms with Gasteiger partial charge >= 0.3 is 0 Å². The number of fused-ring (bicyclic) bond motifs is 1. The van der Waals surface area contributed by atoms with E-state index in [1.165, 1.54) is 16.6 Å². The minimum atomic E-state index is -0.612. The van der Waals surface area contributed by atoms with Gasteiger partial charge in [-0.25, -0.2) is 13.9 Å². The minimum absolute atomic E-state index is 0.0161. The summed E-state index contributed by atoms with van der Waals surface area (Å²) in [6, 6.07) is 3.40. The number of carbonyl (C=O) groups excluding carboxylic acids is 1. The monoisotopic (exact) mass is 348 g/mol. The molecule has 0 aliphatic heterocycles. The predicted molar refractivity (Wildman–Crippen MR) is 86.2 cm³/mol. The van der Waals surface area contributed by atoms with E-state index in [0.29, 0.717) is 11.3 Å². The van der Waals surface area contributed by atoms with E-state index in [-0.39, 0.29) is 17.4 Å². The molecular formula is C15H14ClFN6O. The molecular weight excluding hydrogens is 335 g/mol. The lowest BCUT2D eigenvalue weighted by Gasteiger charge is -2.13. The third-order valence-corrected chi connectivity index (χ3v) is 3.54. The Bertz CT molecular complexity index is 892. The number of benzene rings is 1. The Labute approximate surface area is 141 Å². The number of carbonyl (C=O) groups is 1. The summed E-state index contributed by atoms with van der Waals surface area (Å²) >= 11 is 5.80. The van der Waals surface area contributed by atoms with Gasteiger partial charge in [-0.15, -0.1) is 5.10 Å².